The fourth-order valence-electron chi connectivity index (χ4n) is 1.06. The van der Waals surface area contributed by atoms with E-state index in [1.54, 1.807) is 0 Å². The van der Waals surface area contributed by atoms with Gasteiger partial charge in [0.1, 0.15) is 6.04 Å². The number of hydrogen-bond acceptors (Lipinski definition) is 7. The van der Waals surface area contributed by atoms with Gasteiger partial charge in [-0.2, -0.15) is 13.2 Å². The summed E-state index contributed by atoms with van der Waals surface area (Å²) in [6.07, 6.45) is -4.96. The molecule has 4 N–H and O–H groups in total. The van der Waals surface area contributed by atoms with Crippen molar-refractivity contribution >= 4 is 23.8 Å². The van der Waals surface area contributed by atoms with E-state index in [0.717, 1.165) is 0 Å². The molecule has 0 unspecified atom stereocenters. The molecule has 0 aromatic heterocycles. The largest absolute Gasteiger partial charge is 0.490 e. The van der Waals surface area contributed by atoms with Crippen molar-refractivity contribution in [2.45, 2.75) is 38.0 Å². The molecular formula is C12H19F3N2O7. The van der Waals surface area contributed by atoms with Crippen molar-refractivity contribution in [3.8, 4) is 0 Å². The van der Waals surface area contributed by atoms with Crippen LogP contribution in [0.2, 0.25) is 0 Å². The Morgan fingerprint density at radius 1 is 1.17 bits per heavy atom. The molecule has 0 rings (SSSR count). The van der Waals surface area contributed by atoms with Gasteiger partial charge in [0.25, 0.3) is 0 Å². The number of alkyl halides is 3. The predicted molar refractivity (Wildman–Crippen MR) is 72.5 cm³/mol. The van der Waals surface area contributed by atoms with Crippen LogP contribution in [0.1, 0.15) is 19.8 Å². The highest BCUT2D eigenvalue weighted by molar-refractivity contribution is 5.87. The SMILES string of the molecule is COC(=O)CC[C@@H](NC(=O)[C@H](C)N)C(=O)OC.O=C(O)C(F)(F)F. The first-order valence-corrected chi connectivity index (χ1v) is 6.37. The standard InChI is InChI=1S/C10H18N2O5.C2HF3O2/c1-6(11)9(14)12-7(10(15)17-3)4-5-8(13)16-2;3-2(4,5)1(6)7/h6-7H,4-5,11H2,1-3H3,(H,12,14);(H,6,7)/t6-,7+;/m0./s1. The molecule has 9 nitrogen and oxygen atoms in total. The second-order valence-corrected chi connectivity index (χ2v) is 4.29. The highest BCUT2D eigenvalue weighted by atomic mass is 19.4. The second-order valence-electron chi connectivity index (χ2n) is 4.29. The number of nitrogens with one attached hydrogen (secondary N) is 1. The maximum absolute atomic E-state index is 11.3. The predicted octanol–water partition coefficient (Wildman–Crippen LogP) is -0.422. The first kappa shape index (κ1) is 23.9. The van der Waals surface area contributed by atoms with Crippen LogP contribution in [0.5, 0.6) is 0 Å². The normalized spacial score (nSPS) is 12.8. The highest BCUT2D eigenvalue weighted by Gasteiger charge is 2.38. The summed E-state index contributed by atoms with van der Waals surface area (Å²) in [5.41, 5.74) is 5.35. The summed E-state index contributed by atoms with van der Waals surface area (Å²) in [6.45, 7) is 1.49. The van der Waals surface area contributed by atoms with E-state index in [9.17, 15) is 27.6 Å². The van der Waals surface area contributed by atoms with Crippen molar-refractivity contribution in [1.82, 2.24) is 5.32 Å². The van der Waals surface area contributed by atoms with Crippen LogP contribution in [0.4, 0.5) is 13.2 Å². The van der Waals surface area contributed by atoms with Crippen LogP contribution < -0.4 is 11.1 Å². The summed E-state index contributed by atoms with van der Waals surface area (Å²) in [6, 6.07) is -1.63. The van der Waals surface area contributed by atoms with Crippen LogP contribution in [-0.4, -0.2) is 61.4 Å². The number of nitrogens with two attached hydrogens (primary N) is 1. The first-order valence-electron chi connectivity index (χ1n) is 6.37. The van der Waals surface area contributed by atoms with Crippen LogP contribution in [0, 0.1) is 0 Å². The van der Waals surface area contributed by atoms with E-state index >= 15 is 0 Å². The number of rotatable bonds is 6. The number of halogens is 3. The van der Waals surface area contributed by atoms with Gasteiger partial charge >= 0.3 is 24.1 Å². The zero-order valence-corrected chi connectivity index (χ0v) is 13.2. The van der Waals surface area contributed by atoms with Gasteiger partial charge in [-0.25, -0.2) is 9.59 Å². The fourth-order valence-corrected chi connectivity index (χ4v) is 1.06. The van der Waals surface area contributed by atoms with E-state index in [4.69, 9.17) is 15.6 Å². The molecule has 2 atom stereocenters. The van der Waals surface area contributed by atoms with Gasteiger partial charge in [0.05, 0.1) is 20.3 Å². The van der Waals surface area contributed by atoms with Gasteiger partial charge in [0.15, 0.2) is 0 Å². The average Bonchev–Trinajstić information content (AvgIpc) is 2.49. The van der Waals surface area contributed by atoms with E-state index in [1.165, 1.54) is 21.1 Å². The molecule has 0 aromatic rings. The fraction of sp³-hybridized carbons (Fsp3) is 0.667. The molecule has 0 spiro atoms. The molecule has 0 aromatic carbocycles. The van der Waals surface area contributed by atoms with Crippen LogP contribution in [-0.2, 0) is 28.7 Å². The molecule has 0 aliphatic carbocycles. The Bertz CT molecular complexity index is 452. The number of ether oxygens (including phenoxy) is 2. The van der Waals surface area contributed by atoms with Gasteiger partial charge < -0.3 is 25.6 Å². The summed E-state index contributed by atoms with van der Waals surface area (Å²) < 4.78 is 40.7. The van der Waals surface area contributed by atoms with Crippen molar-refractivity contribution in [3.63, 3.8) is 0 Å². The van der Waals surface area contributed by atoms with Gasteiger partial charge in [-0.3, -0.25) is 9.59 Å². The summed E-state index contributed by atoms with van der Waals surface area (Å²) >= 11 is 0. The van der Waals surface area contributed by atoms with Gasteiger partial charge in [-0.05, 0) is 13.3 Å². The molecule has 140 valence electrons. The Balaban J connectivity index is 0. The van der Waals surface area contributed by atoms with E-state index in [1.807, 2.05) is 0 Å². The Hall–Kier alpha value is -2.37. The Kier molecular flexibility index (Phi) is 11.2. The minimum Gasteiger partial charge on any atom is -0.475 e. The highest BCUT2D eigenvalue weighted by Crippen LogP contribution is 2.13. The monoisotopic (exact) mass is 360 g/mol. The molecule has 0 bridgehead atoms. The molecule has 0 heterocycles. The molecule has 1 amide bonds. The van der Waals surface area contributed by atoms with Gasteiger partial charge in [0.2, 0.25) is 5.91 Å². The number of methoxy groups -OCH3 is 2. The number of esters is 2. The summed E-state index contributed by atoms with van der Waals surface area (Å²) in [5.74, 6) is -4.32. The number of carboxylic acid groups (broad SMARTS) is 1. The van der Waals surface area contributed by atoms with Crippen LogP contribution in [0.3, 0.4) is 0 Å². The van der Waals surface area contributed by atoms with Crippen LogP contribution >= 0.6 is 0 Å². The molecule has 0 aliphatic rings. The topological polar surface area (TPSA) is 145 Å². The molecule has 0 saturated carbocycles. The summed E-state index contributed by atoms with van der Waals surface area (Å²) in [5, 5.41) is 9.53. The lowest BCUT2D eigenvalue weighted by Gasteiger charge is -2.17. The van der Waals surface area contributed by atoms with Gasteiger partial charge in [-0.15, -0.1) is 0 Å². The van der Waals surface area contributed by atoms with E-state index < -0.39 is 42.1 Å². The van der Waals surface area contributed by atoms with Gasteiger partial charge in [0, 0.05) is 6.42 Å². The minimum absolute atomic E-state index is 0.00942. The average molecular weight is 360 g/mol. The van der Waals surface area contributed by atoms with Crippen molar-refractivity contribution in [1.29, 1.82) is 0 Å². The maximum atomic E-state index is 11.3. The zero-order chi connectivity index (χ0) is 19.5. The molecular weight excluding hydrogens is 341 g/mol. The lowest BCUT2D eigenvalue weighted by molar-refractivity contribution is -0.192. The lowest BCUT2D eigenvalue weighted by atomic mass is 10.1. The number of carbonyl (C=O) groups excluding carboxylic acids is 3. The van der Waals surface area contributed by atoms with Crippen molar-refractivity contribution in [3.05, 3.63) is 0 Å². The molecule has 0 fully saturated rings. The first-order chi connectivity index (χ1) is 10.9. The maximum Gasteiger partial charge on any atom is 0.490 e. The third-order valence-electron chi connectivity index (χ3n) is 2.32. The van der Waals surface area contributed by atoms with Crippen molar-refractivity contribution < 1.29 is 46.9 Å². The number of carbonyl (C=O) groups is 4. The Morgan fingerprint density at radius 2 is 1.62 bits per heavy atom. The third-order valence-corrected chi connectivity index (χ3v) is 2.32. The number of aliphatic carboxylic acids is 1. The lowest BCUT2D eigenvalue weighted by Crippen LogP contribution is -2.47. The molecule has 12 heteroatoms. The molecule has 24 heavy (non-hydrogen) atoms. The zero-order valence-electron chi connectivity index (χ0n) is 13.2. The molecule has 0 radical (unpaired) electrons. The van der Waals surface area contributed by atoms with Crippen LogP contribution in [0.15, 0.2) is 0 Å². The van der Waals surface area contributed by atoms with Crippen molar-refractivity contribution in [2.24, 2.45) is 5.73 Å². The molecule has 0 aliphatic heterocycles. The smallest absolute Gasteiger partial charge is 0.475 e. The van der Waals surface area contributed by atoms with Crippen LogP contribution in [0.25, 0.3) is 0 Å². The minimum atomic E-state index is -5.08. The van der Waals surface area contributed by atoms with E-state index in [2.05, 4.69) is 14.8 Å². The Morgan fingerprint density at radius 3 is 1.92 bits per heavy atom. The quantitative estimate of drug-likeness (QED) is 0.542. The second kappa shape index (κ2) is 11.2. The summed E-state index contributed by atoms with van der Waals surface area (Å²) in [4.78, 5) is 42.5. The van der Waals surface area contributed by atoms with Gasteiger partial charge in [-0.1, -0.05) is 0 Å². The number of hydrogen-bond donors (Lipinski definition) is 3. The van der Waals surface area contributed by atoms with Crippen molar-refractivity contribution in [2.75, 3.05) is 14.2 Å². The number of amides is 1. The van der Waals surface area contributed by atoms with E-state index in [0.29, 0.717) is 0 Å². The summed E-state index contributed by atoms with van der Waals surface area (Å²) in [7, 11) is 2.45. The Labute approximate surface area is 135 Å². The molecule has 0 saturated heterocycles. The third kappa shape index (κ3) is 11.2. The number of carboxylic acids is 1. The van der Waals surface area contributed by atoms with E-state index in [-0.39, 0.29) is 12.8 Å².